The van der Waals surface area contributed by atoms with Gasteiger partial charge in [-0.05, 0) is 30.1 Å². The van der Waals surface area contributed by atoms with Crippen molar-refractivity contribution in [3.05, 3.63) is 40.6 Å². The second kappa shape index (κ2) is 8.55. The predicted octanol–water partition coefficient (Wildman–Crippen LogP) is 3.23. The number of hydrogen-bond donors (Lipinski definition) is 1. The molecule has 6 heteroatoms. The second-order valence-corrected chi connectivity index (χ2v) is 6.03. The largest absolute Gasteiger partial charge is 0.497 e. The molecule has 2 aromatic rings. The molecule has 0 atom stereocenters. The molecule has 0 aliphatic carbocycles. The highest BCUT2D eigenvalue weighted by Crippen LogP contribution is 2.28. The van der Waals surface area contributed by atoms with Gasteiger partial charge >= 0.3 is 0 Å². The van der Waals surface area contributed by atoms with Gasteiger partial charge in [-0.15, -0.1) is 11.3 Å². The highest BCUT2D eigenvalue weighted by atomic mass is 32.1. The van der Waals surface area contributed by atoms with Crippen molar-refractivity contribution in [1.29, 1.82) is 0 Å². The molecule has 0 aliphatic rings. The summed E-state index contributed by atoms with van der Waals surface area (Å²) in [6.45, 7) is 3.96. The van der Waals surface area contributed by atoms with E-state index >= 15 is 0 Å². The van der Waals surface area contributed by atoms with Crippen molar-refractivity contribution in [3.63, 3.8) is 0 Å². The fourth-order valence-corrected chi connectivity index (χ4v) is 2.95. The molecule has 23 heavy (non-hydrogen) atoms. The van der Waals surface area contributed by atoms with Crippen LogP contribution in [0.1, 0.15) is 11.8 Å². The van der Waals surface area contributed by atoms with E-state index in [0.717, 1.165) is 13.1 Å². The van der Waals surface area contributed by atoms with Crippen molar-refractivity contribution in [2.45, 2.75) is 13.5 Å². The Bertz CT molecular complexity index is 629. The van der Waals surface area contributed by atoms with Crippen LogP contribution in [0.4, 0.5) is 5.69 Å². The normalized spacial score (nSPS) is 10.6. The first-order valence-corrected chi connectivity index (χ1v) is 8.30. The summed E-state index contributed by atoms with van der Waals surface area (Å²) < 4.78 is 10.5. The molecule has 0 saturated carbocycles. The number of rotatable bonds is 8. The summed E-state index contributed by atoms with van der Waals surface area (Å²) in [7, 11) is 3.17. The Balaban J connectivity index is 2.00. The Hall–Kier alpha value is -2.05. The maximum Gasteiger partial charge on any atom is 0.238 e. The van der Waals surface area contributed by atoms with Gasteiger partial charge < -0.3 is 14.8 Å². The van der Waals surface area contributed by atoms with Gasteiger partial charge in [-0.1, -0.05) is 13.0 Å². The zero-order valence-electron chi connectivity index (χ0n) is 13.7. The maximum atomic E-state index is 12.3. The number of hydrogen-bond acceptors (Lipinski definition) is 5. The van der Waals surface area contributed by atoms with E-state index in [-0.39, 0.29) is 5.91 Å². The Morgan fingerprint density at radius 2 is 2.09 bits per heavy atom. The number of ether oxygens (including phenoxy) is 2. The number of anilines is 1. The van der Waals surface area contributed by atoms with E-state index in [1.807, 2.05) is 18.4 Å². The Morgan fingerprint density at radius 3 is 2.70 bits per heavy atom. The molecule has 0 aliphatic heterocycles. The molecule has 0 fully saturated rings. The molecule has 5 nitrogen and oxygen atoms in total. The van der Waals surface area contributed by atoms with Crippen LogP contribution in [0.5, 0.6) is 11.5 Å². The number of thiophene rings is 1. The highest BCUT2D eigenvalue weighted by Gasteiger charge is 2.13. The van der Waals surface area contributed by atoms with Crippen molar-refractivity contribution in [2.24, 2.45) is 0 Å². The summed E-state index contributed by atoms with van der Waals surface area (Å²) in [6, 6.07) is 9.43. The molecule has 2 rings (SSSR count). The van der Waals surface area contributed by atoms with Gasteiger partial charge in [-0.3, -0.25) is 9.69 Å². The molecule has 0 unspecified atom stereocenters. The minimum absolute atomic E-state index is 0.0741. The topological polar surface area (TPSA) is 50.8 Å². The van der Waals surface area contributed by atoms with Gasteiger partial charge in [0.2, 0.25) is 5.91 Å². The van der Waals surface area contributed by atoms with Crippen LogP contribution in [0.2, 0.25) is 0 Å². The van der Waals surface area contributed by atoms with Crippen LogP contribution in [-0.4, -0.2) is 38.1 Å². The van der Waals surface area contributed by atoms with Crippen molar-refractivity contribution in [2.75, 3.05) is 32.6 Å². The third-order valence-corrected chi connectivity index (χ3v) is 4.32. The fraction of sp³-hybridized carbons (Fsp3) is 0.353. The van der Waals surface area contributed by atoms with Crippen LogP contribution in [0, 0.1) is 0 Å². The van der Waals surface area contributed by atoms with Gasteiger partial charge in [0.05, 0.1) is 26.5 Å². The van der Waals surface area contributed by atoms with Crippen molar-refractivity contribution < 1.29 is 14.3 Å². The third kappa shape index (κ3) is 4.97. The Labute approximate surface area is 140 Å². The van der Waals surface area contributed by atoms with Crippen molar-refractivity contribution in [3.8, 4) is 11.5 Å². The lowest BCUT2D eigenvalue weighted by atomic mass is 10.2. The smallest absolute Gasteiger partial charge is 0.238 e. The molecule has 1 N–H and O–H groups in total. The molecular weight excluding hydrogens is 312 g/mol. The van der Waals surface area contributed by atoms with E-state index < -0.39 is 0 Å². The minimum atomic E-state index is -0.0741. The van der Waals surface area contributed by atoms with Crippen molar-refractivity contribution >= 4 is 22.9 Å². The van der Waals surface area contributed by atoms with E-state index in [1.54, 1.807) is 43.8 Å². The number of benzene rings is 1. The SMILES string of the molecule is CCN(CC(=O)Nc1cc(OC)ccc1OC)Cc1cccs1. The van der Waals surface area contributed by atoms with Crippen LogP contribution in [0.15, 0.2) is 35.7 Å². The molecule has 1 aromatic heterocycles. The average Bonchev–Trinajstić information content (AvgIpc) is 3.07. The van der Waals surface area contributed by atoms with E-state index in [9.17, 15) is 4.79 Å². The maximum absolute atomic E-state index is 12.3. The zero-order chi connectivity index (χ0) is 16.7. The third-order valence-electron chi connectivity index (χ3n) is 3.45. The molecule has 1 heterocycles. The van der Waals surface area contributed by atoms with Crippen LogP contribution in [0.25, 0.3) is 0 Å². The average molecular weight is 334 g/mol. The van der Waals surface area contributed by atoms with Gasteiger partial charge in [0.1, 0.15) is 11.5 Å². The van der Waals surface area contributed by atoms with Crippen LogP contribution >= 0.6 is 11.3 Å². The lowest BCUT2D eigenvalue weighted by molar-refractivity contribution is -0.117. The fourth-order valence-electron chi connectivity index (χ4n) is 2.21. The number of amides is 1. The van der Waals surface area contributed by atoms with Gasteiger partial charge in [-0.2, -0.15) is 0 Å². The lowest BCUT2D eigenvalue weighted by Crippen LogP contribution is -2.32. The lowest BCUT2D eigenvalue weighted by Gasteiger charge is -2.19. The van der Waals surface area contributed by atoms with Crippen LogP contribution in [0.3, 0.4) is 0 Å². The summed E-state index contributed by atoms with van der Waals surface area (Å²) in [6.07, 6.45) is 0. The number of nitrogens with zero attached hydrogens (tertiary/aromatic N) is 1. The number of methoxy groups -OCH3 is 2. The molecular formula is C17H22N2O3S. The zero-order valence-corrected chi connectivity index (χ0v) is 14.5. The summed E-state index contributed by atoms with van der Waals surface area (Å²) in [5.74, 6) is 1.21. The highest BCUT2D eigenvalue weighted by molar-refractivity contribution is 7.09. The van der Waals surface area contributed by atoms with Gasteiger partial charge in [0.15, 0.2) is 0 Å². The number of carbonyl (C=O) groups is 1. The summed E-state index contributed by atoms with van der Waals surface area (Å²) in [4.78, 5) is 15.7. The quantitative estimate of drug-likeness (QED) is 0.805. The Kier molecular flexibility index (Phi) is 6.43. The molecule has 0 radical (unpaired) electrons. The van der Waals surface area contributed by atoms with Crippen molar-refractivity contribution in [1.82, 2.24) is 4.90 Å². The molecule has 0 spiro atoms. The molecule has 1 amide bonds. The standard InChI is InChI=1S/C17H22N2O3S/c1-4-19(11-14-6-5-9-23-14)12-17(20)18-15-10-13(21-2)7-8-16(15)22-3/h5-10H,4,11-12H2,1-3H3,(H,18,20). The van der Waals surface area contributed by atoms with E-state index in [2.05, 4.69) is 16.3 Å². The van der Waals surface area contributed by atoms with Crippen LogP contribution in [-0.2, 0) is 11.3 Å². The number of likely N-dealkylation sites (N-methyl/N-ethyl adjacent to an activating group) is 1. The molecule has 0 bridgehead atoms. The first-order chi connectivity index (χ1) is 11.2. The van der Waals surface area contributed by atoms with Gasteiger partial charge in [0.25, 0.3) is 0 Å². The van der Waals surface area contributed by atoms with Gasteiger partial charge in [-0.25, -0.2) is 0 Å². The molecule has 1 aromatic carbocycles. The summed E-state index contributed by atoms with van der Waals surface area (Å²) in [5, 5.41) is 4.94. The monoisotopic (exact) mass is 334 g/mol. The predicted molar refractivity (Wildman–Crippen MR) is 93.4 cm³/mol. The number of nitrogens with one attached hydrogen (secondary N) is 1. The van der Waals surface area contributed by atoms with E-state index in [1.165, 1.54) is 4.88 Å². The first kappa shape index (κ1) is 17.3. The summed E-state index contributed by atoms with van der Waals surface area (Å²) >= 11 is 1.70. The molecule has 124 valence electrons. The van der Waals surface area contributed by atoms with Crippen LogP contribution < -0.4 is 14.8 Å². The van der Waals surface area contributed by atoms with Gasteiger partial charge in [0, 0.05) is 17.5 Å². The Morgan fingerprint density at radius 1 is 1.26 bits per heavy atom. The first-order valence-electron chi connectivity index (χ1n) is 7.42. The second-order valence-electron chi connectivity index (χ2n) is 5.00. The van der Waals surface area contributed by atoms with E-state index in [0.29, 0.717) is 23.7 Å². The minimum Gasteiger partial charge on any atom is -0.497 e. The van der Waals surface area contributed by atoms with E-state index in [4.69, 9.17) is 9.47 Å². The summed E-state index contributed by atoms with van der Waals surface area (Å²) in [5.41, 5.74) is 0.615. The number of carbonyl (C=O) groups excluding carboxylic acids is 1. The molecule has 0 saturated heterocycles.